The highest BCUT2D eigenvalue weighted by Crippen LogP contribution is 2.43. The molecule has 0 bridgehead atoms. The maximum Gasteiger partial charge on any atom is 0.307 e. The molecule has 1 aliphatic carbocycles. The summed E-state index contributed by atoms with van der Waals surface area (Å²) in [7, 11) is 0. The molecule has 0 spiro atoms. The number of likely N-dealkylation sites (tertiary alicyclic amines) is 1. The van der Waals surface area contributed by atoms with Crippen LogP contribution < -0.4 is 0 Å². The number of amides is 1. The minimum Gasteiger partial charge on any atom is -0.481 e. The molecule has 2 atom stereocenters. The standard InChI is InChI=1S/C13H21NO3/c1-3-13(4-2)5-6-14(8-13)11(15)9-7-10(9)12(16)17/h9-10H,3-8H2,1-2H3,(H,16,17)/t9-,10+/m1/s1. The number of hydrogen-bond donors (Lipinski definition) is 1. The zero-order valence-electron chi connectivity index (χ0n) is 10.6. The van der Waals surface area contributed by atoms with Crippen LogP contribution in [0.1, 0.15) is 39.5 Å². The van der Waals surface area contributed by atoms with Gasteiger partial charge in [-0.3, -0.25) is 9.59 Å². The van der Waals surface area contributed by atoms with E-state index in [2.05, 4.69) is 13.8 Å². The van der Waals surface area contributed by atoms with Crippen LogP contribution in [-0.4, -0.2) is 35.0 Å². The maximum absolute atomic E-state index is 12.1. The fourth-order valence-electron chi connectivity index (χ4n) is 2.93. The van der Waals surface area contributed by atoms with Gasteiger partial charge in [0.05, 0.1) is 11.8 Å². The first-order valence-electron chi connectivity index (χ1n) is 6.54. The Morgan fingerprint density at radius 2 is 1.94 bits per heavy atom. The smallest absolute Gasteiger partial charge is 0.307 e. The molecule has 0 radical (unpaired) electrons. The summed E-state index contributed by atoms with van der Waals surface area (Å²) in [6.07, 6.45) is 3.80. The molecular weight excluding hydrogens is 218 g/mol. The Balaban J connectivity index is 1.93. The second kappa shape index (κ2) is 4.31. The van der Waals surface area contributed by atoms with Gasteiger partial charge in [0.2, 0.25) is 5.91 Å². The first-order chi connectivity index (χ1) is 8.03. The molecule has 1 saturated heterocycles. The Morgan fingerprint density at radius 1 is 1.29 bits per heavy atom. The van der Waals surface area contributed by atoms with Crippen molar-refractivity contribution in [3.63, 3.8) is 0 Å². The van der Waals surface area contributed by atoms with Crippen LogP contribution in [0.2, 0.25) is 0 Å². The Morgan fingerprint density at radius 3 is 2.35 bits per heavy atom. The van der Waals surface area contributed by atoms with E-state index in [1.165, 1.54) is 0 Å². The number of rotatable bonds is 4. The van der Waals surface area contributed by atoms with E-state index in [4.69, 9.17) is 5.11 Å². The fraction of sp³-hybridized carbons (Fsp3) is 0.846. The van der Waals surface area contributed by atoms with Crippen LogP contribution in [0.3, 0.4) is 0 Å². The van der Waals surface area contributed by atoms with E-state index >= 15 is 0 Å². The van der Waals surface area contributed by atoms with Crippen molar-refractivity contribution in [2.45, 2.75) is 39.5 Å². The number of carboxylic acids is 1. The van der Waals surface area contributed by atoms with E-state index in [0.717, 1.165) is 32.4 Å². The van der Waals surface area contributed by atoms with Gasteiger partial charge in [0, 0.05) is 13.1 Å². The van der Waals surface area contributed by atoms with Crippen molar-refractivity contribution < 1.29 is 14.7 Å². The van der Waals surface area contributed by atoms with Gasteiger partial charge in [-0.2, -0.15) is 0 Å². The average Bonchev–Trinajstić information content (AvgIpc) is 3.01. The first-order valence-corrected chi connectivity index (χ1v) is 6.54. The number of carbonyl (C=O) groups is 2. The Hall–Kier alpha value is -1.06. The summed E-state index contributed by atoms with van der Waals surface area (Å²) < 4.78 is 0. The van der Waals surface area contributed by atoms with Crippen LogP contribution in [0, 0.1) is 17.3 Å². The number of hydrogen-bond acceptors (Lipinski definition) is 2. The third kappa shape index (κ3) is 2.17. The molecule has 2 fully saturated rings. The quantitative estimate of drug-likeness (QED) is 0.813. The molecular formula is C13H21NO3. The number of carbonyl (C=O) groups excluding carboxylic acids is 1. The third-order valence-electron chi connectivity index (χ3n) is 4.67. The zero-order chi connectivity index (χ0) is 12.6. The maximum atomic E-state index is 12.1. The predicted molar refractivity (Wildman–Crippen MR) is 63.4 cm³/mol. The van der Waals surface area contributed by atoms with E-state index in [1.54, 1.807) is 0 Å². The van der Waals surface area contributed by atoms with Crippen molar-refractivity contribution in [1.82, 2.24) is 4.90 Å². The van der Waals surface area contributed by atoms with E-state index < -0.39 is 11.9 Å². The summed E-state index contributed by atoms with van der Waals surface area (Å²) in [6.45, 7) is 5.98. The van der Waals surface area contributed by atoms with Crippen molar-refractivity contribution in [1.29, 1.82) is 0 Å². The molecule has 2 aliphatic rings. The summed E-state index contributed by atoms with van der Waals surface area (Å²) in [5, 5.41) is 8.84. The molecule has 1 amide bonds. The first kappa shape index (κ1) is 12.4. The highest BCUT2D eigenvalue weighted by Gasteiger charge is 2.51. The van der Waals surface area contributed by atoms with Gasteiger partial charge >= 0.3 is 5.97 Å². The zero-order valence-corrected chi connectivity index (χ0v) is 10.6. The lowest BCUT2D eigenvalue weighted by molar-refractivity contribution is -0.141. The van der Waals surface area contributed by atoms with E-state index in [1.807, 2.05) is 4.90 Å². The highest BCUT2D eigenvalue weighted by atomic mass is 16.4. The van der Waals surface area contributed by atoms with Crippen LogP contribution in [-0.2, 0) is 9.59 Å². The molecule has 1 N–H and O–H groups in total. The van der Waals surface area contributed by atoms with Gasteiger partial charge in [-0.1, -0.05) is 13.8 Å². The van der Waals surface area contributed by atoms with Crippen LogP contribution in [0.25, 0.3) is 0 Å². The molecule has 4 heteroatoms. The molecule has 1 aliphatic heterocycles. The average molecular weight is 239 g/mol. The molecule has 0 unspecified atom stereocenters. The summed E-state index contributed by atoms with van der Waals surface area (Å²) in [5.74, 6) is -1.40. The highest BCUT2D eigenvalue weighted by molar-refractivity contribution is 5.89. The van der Waals surface area contributed by atoms with Gasteiger partial charge in [-0.05, 0) is 31.1 Å². The summed E-state index contributed by atoms with van der Waals surface area (Å²) in [4.78, 5) is 24.8. The van der Waals surface area contributed by atoms with Gasteiger partial charge in [-0.15, -0.1) is 0 Å². The minimum atomic E-state index is -0.820. The topological polar surface area (TPSA) is 57.6 Å². The lowest BCUT2D eigenvalue weighted by atomic mass is 9.82. The summed E-state index contributed by atoms with van der Waals surface area (Å²) in [6, 6.07) is 0. The van der Waals surface area contributed by atoms with Crippen LogP contribution in [0.15, 0.2) is 0 Å². The lowest BCUT2D eigenvalue weighted by Gasteiger charge is -2.26. The van der Waals surface area contributed by atoms with E-state index in [9.17, 15) is 9.59 Å². The molecule has 0 aromatic heterocycles. The molecule has 1 heterocycles. The van der Waals surface area contributed by atoms with Crippen molar-refractivity contribution in [2.24, 2.45) is 17.3 Å². The third-order valence-corrected chi connectivity index (χ3v) is 4.67. The Labute approximate surface area is 102 Å². The molecule has 4 nitrogen and oxygen atoms in total. The normalized spacial score (nSPS) is 30.4. The van der Waals surface area contributed by atoms with Crippen molar-refractivity contribution in [3.05, 3.63) is 0 Å². The Bertz CT molecular complexity index is 336. The van der Waals surface area contributed by atoms with Crippen molar-refractivity contribution >= 4 is 11.9 Å². The molecule has 0 aromatic rings. The predicted octanol–water partition coefficient (Wildman–Crippen LogP) is 1.75. The second-order valence-corrected chi connectivity index (χ2v) is 5.50. The molecule has 96 valence electrons. The fourth-order valence-corrected chi connectivity index (χ4v) is 2.93. The minimum absolute atomic E-state index is 0.0705. The van der Waals surface area contributed by atoms with Crippen LogP contribution in [0.4, 0.5) is 0 Å². The summed E-state index contributed by atoms with van der Waals surface area (Å²) in [5.41, 5.74) is 0.281. The largest absolute Gasteiger partial charge is 0.481 e. The Kier molecular flexibility index (Phi) is 3.15. The van der Waals surface area contributed by atoms with Gasteiger partial charge in [-0.25, -0.2) is 0 Å². The number of nitrogens with zero attached hydrogens (tertiary/aromatic N) is 1. The molecule has 1 saturated carbocycles. The number of aliphatic carboxylic acids is 1. The second-order valence-electron chi connectivity index (χ2n) is 5.50. The van der Waals surface area contributed by atoms with Gasteiger partial charge in [0.1, 0.15) is 0 Å². The van der Waals surface area contributed by atoms with E-state index in [0.29, 0.717) is 6.42 Å². The SMILES string of the molecule is CCC1(CC)CCN(C(=O)[C@@H]2C[C@@H]2C(=O)O)C1. The van der Waals surface area contributed by atoms with E-state index in [-0.39, 0.29) is 17.2 Å². The van der Waals surface area contributed by atoms with Crippen LogP contribution in [0.5, 0.6) is 0 Å². The van der Waals surface area contributed by atoms with Gasteiger partial charge < -0.3 is 10.0 Å². The van der Waals surface area contributed by atoms with Crippen molar-refractivity contribution in [2.75, 3.05) is 13.1 Å². The monoisotopic (exact) mass is 239 g/mol. The van der Waals surface area contributed by atoms with Gasteiger partial charge in [0.25, 0.3) is 0 Å². The lowest BCUT2D eigenvalue weighted by Crippen LogP contribution is -2.33. The summed E-state index contributed by atoms with van der Waals surface area (Å²) >= 11 is 0. The molecule has 17 heavy (non-hydrogen) atoms. The molecule has 0 aromatic carbocycles. The van der Waals surface area contributed by atoms with Crippen LogP contribution >= 0.6 is 0 Å². The van der Waals surface area contributed by atoms with Crippen molar-refractivity contribution in [3.8, 4) is 0 Å². The van der Waals surface area contributed by atoms with Gasteiger partial charge in [0.15, 0.2) is 0 Å². The molecule has 2 rings (SSSR count). The number of carboxylic acid groups (broad SMARTS) is 1.